The maximum absolute atomic E-state index is 11.3. The molecule has 6 heteroatoms. The van der Waals surface area contributed by atoms with Crippen molar-refractivity contribution in [2.24, 2.45) is 7.05 Å². The zero-order valence-corrected chi connectivity index (χ0v) is 10.1. The van der Waals surface area contributed by atoms with Gasteiger partial charge in [0.05, 0.1) is 6.54 Å². The number of H-pyrrole nitrogens is 1. The molecule has 0 aliphatic heterocycles. The van der Waals surface area contributed by atoms with Crippen molar-refractivity contribution >= 4 is 5.82 Å². The lowest BCUT2D eigenvalue weighted by Crippen LogP contribution is -2.23. The third-order valence-electron chi connectivity index (χ3n) is 2.54. The van der Waals surface area contributed by atoms with E-state index in [1.807, 2.05) is 29.8 Å². The van der Waals surface area contributed by atoms with Crippen molar-refractivity contribution in [1.82, 2.24) is 19.5 Å². The van der Waals surface area contributed by atoms with Gasteiger partial charge in [0.2, 0.25) is 0 Å². The van der Waals surface area contributed by atoms with Crippen molar-refractivity contribution < 1.29 is 0 Å². The van der Waals surface area contributed by atoms with Crippen LogP contribution >= 0.6 is 0 Å². The second-order valence-electron chi connectivity index (χ2n) is 4.00. The van der Waals surface area contributed by atoms with Crippen LogP contribution in [0.15, 0.2) is 23.3 Å². The Bertz CT molecular complexity index is 571. The lowest BCUT2D eigenvalue weighted by molar-refractivity contribution is 0.751. The van der Waals surface area contributed by atoms with Gasteiger partial charge in [-0.2, -0.15) is 0 Å². The van der Waals surface area contributed by atoms with Gasteiger partial charge in [0.1, 0.15) is 17.5 Å². The highest BCUT2D eigenvalue weighted by Crippen LogP contribution is 2.08. The highest BCUT2D eigenvalue weighted by atomic mass is 16.1. The topological polar surface area (TPSA) is 66.8 Å². The molecular formula is C11H15N5O. The maximum atomic E-state index is 11.3. The van der Waals surface area contributed by atoms with E-state index in [4.69, 9.17) is 0 Å². The second-order valence-corrected chi connectivity index (χ2v) is 4.00. The summed E-state index contributed by atoms with van der Waals surface area (Å²) in [5, 5.41) is 0. The Morgan fingerprint density at radius 3 is 2.88 bits per heavy atom. The van der Waals surface area contributed by atoms with Crippen LogP contribution in [0.5, 0.6) is 0 Å². The second kappa shape index (κ2) is 4.40. The highest BCUT2D eigenvalue weighted by molar-refractivity contribution is 5.36. The first-order valence-corrected chi connectivity index (χ1v) is 5.31. The number of imidazole rings is 1. The first-order valence-electron chi connectivity index (χ1n) is 5.31. The summed E-state index contributed by atoms with van der Waals surface area (Å²) in [4.78, 5) is 24.4. The Hall–Kier alpha value is -2.11. The van der Waals surface area contributed by atoms with Crippen molar-refractivity contribution in [3.8, 4) is 0 Å². The van der Waals surface area contributed by atoms with Gasteiger partial charge in [-0.15, -0.1) is 0 Å². The van der Waals surface area contributed by atoms with E-state index in [9.17, 15) is 4.79 Å². The minimum absolute atomic E-state index is 0.140. The van der Waals surface area contributed by atoms with Crippen LogP contribution in [0.25, 0.3) is 0 Å². The summed E-state index contributed by atoms with van der Waals surface area (Å²) in [6, 6.07) is 1.48. The third kappa shape index (κ3) is 2.52. The summed E-state index contributed by atoms with van der Waals surface area (Å²) >= 11 is 0. The first kappa shape index (κ1) is 11.4. The van der Waals surface area contributed by atoms with Gasteiger partial charge in [0.15, 0.2) is 0 Å². The predicted molar refractivity (Wildman–Crippen MR) is 64.9 cm³/mol. The summed E-state index contributed by atoms with van der Waals surface area (Å²) in [7, 11) is 3.82. The molecule has 0 fully saturated rings. The predicted octanol–water partition coefficient (Wildman–Crippen LogP) is 0.448. The number of nitrogens with one attached hydrogen (secondary N) is 1. The van der Waals surface area contributed by atoms with Crippen molar-refractivity contribution in [1.29, 1.82) is 0 Å². The molecule has 0 bridgehead atoms. The molecule has 0 aromatic carbocycles. The fraction of sp³-hybridized carbons (Fsp3) is 0.364. The Morgan fingerprint density at radius 2 is 2.29 bits per heavy atom. The number of aryl methyl sites for hydroxylation is 2. The minimum atomic E-state index is -0.140. The smallest absolute Gasteiger partial charge is 0.252 e. The summed E-state index contributed by atoms with van der Waals surface area (Å²) in [6.45, 7) is 2.37. The monoisotopic (exact) mass is 233 g/mol. The van der Waals surface area contributed by atoms with Crippen molar-refractivity contribution in [2.45, 2.75) is 13.5 Å². The van der Waals surface area contributed by atoms with Gasteiger partial charge in [-0.25, -0.2) is 9.97 Å². The van der Waals surface area contributed by atoms with Crippen LogP contribution in [0.4, 0.5) is 5.82 Å². The average molecular weight is 233 g/mol. The van der Waals surface area contributed by atoms with Crippen LogP contribution < -0.4 is 10.5 Å². The largest absolute Gasteiger partial charge is 0.352 e. The summed E-state index contributed by atoms with van der Waals surface area (Å²) in [5.74, 6) is 2.18. The summed E-state index contributed by atoms with van der Waals surface area (Å²) in [5.41, 5.74) is -0.140. The van der Waals surface area contributed by atoms with Crippen LogP contribution in [-0.4, -0.2) is 26.6 Å². The van der Waals surface area contributed by atoms with Crippen LogP contribution in [0.2, 0.25) is 0 Å². The molecule has 0 atom stereocenters. The van der Waals surface area contributed by atoms with Crippen LogP contribution in [0, 0.1) is 6.92 Å². The Morgan fingerprint density at radius 1 is 1.53 bits per heavy atom. The van der Waals surface area contributed by atoms with Crippen molar-refractivity contribution in [3.63, 3.8) is 0 Å². The third-order valence-corrected chi connectivity index (χ3v) is 2.54. The van der Waals surface area contributed by atoms with E-state index in [1.165, 1.54) is 6.07 Å². The van der Waals surface area contributed by atoms with E-state index in [0.29, 0.717) is 18.2 Å². The highest BCUT2D eigenvalue weighted by Gasteiger charge is 2.08. The molecule has 0 spiro atoms. The number of hydrogen-bond donors (Lipinski definition) is 1. The summed E-state index contributed by atoms with van der Waals surface area (Å²) in [6.07, 6.45) is 3.64. The number of aromatic nitrogens is 4. The van der Waals surface area contributed by atoms with Gasteiger partial charge >= 0.3 is 0 Å². The quantitative estimate of drug-likeness (QED) is 0.835. The fourth-order valence-electron chi connectivity index (χ4n) is 1.60. The number of anilines is 1. The Balaban J connectivity index is 2.23. The lowest BCUT2D eigenvalue weighted by atomic mass is 10.4. The molecule has 0 saturated heterocycles. The molecule has 17 heavy (non-hydrogen) atoms. The summed E-state index contributed by atoms with van der Waals surface area (Å²) < 4.78 is 1.94. The fourth-order valence-corrected chi connectivity index (χ4v) is 1.60. The molecule has 0 radical (unpaired) electrons. The van der Waals surface area contributed by atoms with Gasteiger partial charge in [-0.1, -0.05) is 0 Å². The van der Waals surface area contributed by atoms with Crippen molar-refractivity contribution in [3.05, 3.63) is 40.5 Å². The van der Waals surface area contributed by atoms with E-state index >= 15 is 0 Å². The molecule has 2 heterocycles. The van der Waals surface area contributed by atoms with E-state index in [-0.39, 0.29) is 5.56 Å². The first-order chi connectivity index (χ1) is 8.06. The average Bonchev–Trinajstić information content (AvgIpc) is 2.63. The van der Waals surface area contributed by atoms with E-state index in [0.717, 1.165) is 5.82 Å². The molecule has 90 valence electrons. The molecule has 0 aliphatic rings. The molecular weight excluding hydrogens is 218 g/mol. The van der Waals surface area contributed by atoms with Gasteiger partial charge < -0.3 is 14.5 Å². The molecule has 0 aliphatic carbocycles. The zero-order valence-electron chi connectivity index (χ0n) is 10.1. The normalized spacial score (nSPS) is 10.5. The molecule has 0 unspecified atom stereocenters. The molecule has 2 rings (SSSR count). The zero-order chi connectivity index (χ0) is 12.4. The van der Waals surface area contributed by atoms with Gasteiger partial charge in [0, 0.05) is 32.6 Å². The Kier molecular flexibility index (Phi) is 2.95. The Labute approximate surface area is 98.9 Å². The number of rotatable bonds is 3. The van der Waals surface area contributed by atoms with Crippen LogP contribution in [0.1, 0.15) is 11.6 Å². The van der Waals surface area contributed by atoms with Crippen LogP contribution in [-0.2, 0) is 13.6 Å². The number of aromatic amines is 1. The molecule has 2 aromatic heterocycles. The van der Waals surface area contributed by atoms with Crippen molar-refractivity contribution in [2.75, 3.05) is 11.9 Å². The number of nitrogens with zero attached hydrogens (tertiary/aromatic N) is 4. The minimum Gasteiger partial charge on any atom is -0.352 e. The maximum Gasteiger partial charge on any atom is 0.252 e. The van der Waals surface area contributed by atoms with Crippen LogP contribution in [0.3, 0.4) is 0 Å². The molecule has 1 N–H and O–H groups in total. The van der Waals surface area contributed by atoms with E-state index < -0.39 is 0 Å². The van der Waals surface area contributed by atoms with Gasteiger partial charge in [-0.3, -0.25) is 4.79 Å². The standard InChI is InChI=1S/C11H15N5O/c1-8-13-9(6-11(17)14-8)16(3)7-10-12-4-5-15(10)2/h4-6H,7H2,1-3H3,(H,13,14,17). The van der Waals surface area contributed by atoms with E-state index in [1.54, 1.807) is 13.1 Å². The molecule has 2 aromatic rings. The molecule has 6 nitrogen and oxygen atoms in total. The van der Waals surface area contributed by atoms with Gasteiger partial charge in [0.25, 0.3) is 5.56 Å². The lowest BCUT2D eigenvalue weighted by Gasteiger charge is -2.17. The number of hydrogen-bond acceptors (Lipinski definition) is 4. The molecule has 0 saturated carbocycles. The van der Waals surface area contributed by atoms with Gasteiger partial charge in [-0.05, 0) is 6.92 Å². The SMILES string of the molecule is Cc1nc(N(C)Cc2nccn2C)cc(=O)[nH]1. The van der Waals surface area contributed by atoms with E-state index in [2.05, 4.69) is 15.0 Å². The molecule has 0 amide bonds.